The van der Waals surface area contributed by atoms with Gasteiger partial charge in [0.05, 0.1) is 10.7 Å². The zero-order valence-electron chi connectivity index (χ0n) is 14.2. The van der Waals surface area contributed by atoms with E-state index in [2.05, 4.69) is 39.2 Å². The van der Waals surface area contributed by atoms with Gasteiger partial charge in [-0.3, -0.25) is 4.79 Å². The van der Waals surface area contributed by atoms with Crippen molar-refractivity contribution in [1.82, 2.24) is 29.9 Å². The highest BCUT2D eigenvalue weighted by atomic mass is 32.1. The first-order valence-corrected chi connectivity index (χ1v) is 8.75. The van der Waals surface area contributed by atoms with Crippen LogP contribution in [0, 0.1) is 13.8 Å². The van der Waals surface area contributed by atoms with Crippen molar-refractivity contribution in [2.24, 2.45) is 0 Å². The van der Waals surface area contributed by atoms with Crippen molar-refractivity contribution in [3.05, 3.63) is 39.4 Å². The molecule has 7 nitrogen and oxygen atoms in total. The van der Waals surface area contributed by atoms with Crippen LogP contribution in [0.3, 0.4) is 0 Å². The fourth-order valence-corrected chi connectivity index (χ4v) is 3.22. The predicted octanol–water partition coefficient (Wildman–Crippen LogP) is 2.29. The molecule has 0 saturated carbocycles. The molecule has 3 aromatic heterocycles. The topological polar surface area (TPSA) is 85.1 Å². The lowest BCUT2D eigenvalue weighted by Crippen LogP contribution is -2.26. The van der Waals surface area contributed by atoms with Crippen molar-refractivity contribution in [2.45, 2.75) is 40.0 Å². The summed E-state index contributed by atoms with van der Waals surface area (Å²) in [7, 11) is 0. The average molecular weight is 344 g/mol. The number of aromatic nitrogens is 5. The van der Waals surface area contributed by atoms with Crippen LogP contribution in [0.4, 0.5) is 0 Å². The molecule has 0 radical (unpaired) electrons. The fraction of sp³-hybridized carbons (Fsp3) is 0.438. The zero-order chi connectivity index (χ0) is 17.3. The summed E-state index contributed by atoms with van der Waals surface area (Å²) in [4.78, 5) is 25.3. The Morgan fingerprint density at radius 1 is 1.29 bits per heavy atom. The van der Waals surface area contributed by atoms with Crippen LogP contribution in [0.15, 0.2) is 11.4 Å². The van der Waals surface area contributed by atoms with E-state index in [1.165, 1.54) is 0 Å². The predicted molar refractivity (Wildman–Crippen MR) is 92.5 cm³/mol. The molecule has 126 valence electrons. The molecule has 0 saturated heterocycles. The van der Waals surface area contributed by atoms with E-state index in [-0.39, 0.29) is 11.7 Å². The minimum Gasteiger partial charge on any atom is -0.349 e. The molecule has 0 bridgehead atoms. The Morgan fingerprint density at radius 2 is 2.08 bits per heavy atom. The number of nitrogens with zero attached hydrogens (tertiary/aromatic N) is 5. The van der Waals surface area contributed by atoms with Gasteiger partial charge >= 0.3 is 0 Å². The summed E-state index contributed by atoms with van der Waals surface area (Å²) in [6.07, 6.45) is 0.693. The van der Waals surface area contributed by atoms with Crippen LogP contribution in [-0.2, 0) is 6.42 Å². The second kappa shape index (κ2) is 6.64. The van der Waals surface area contributed by atoms with E-state index in [0.717, 1.165) is 22.1 Å². The maximum atomic E-state index is 12.2. The molecule has 0 unspecified atom stereocenters. The lowest BCUT2D eigenvalue weighted by Gasteiger charge is -2.00. The lowest BCUT2D eigenvalue weighted by atomic mass is 10.2. The molecule has 0 atom stereocenters. The van der Waals surface area contributed by atoms with Crippen LogP contribution in [-0.4, -0.2) is 37.0 Å². The van der Waals surface area contributed by atoms with E-state index in [4.69, 9.17) is 0 Å². The highest BCUT2D eigenvalue weighted by Crippen LogP contribution is 2.19. The smallest absolute Gasteiger partial charge is 0.291 e. The quantitative estimate of drug-likeness (QED) is 0.767. The third-order valence-electron chi connectivity index (χ3n) is 3.55. The van der Waals surface area contributed by atoms with Crippen molar-refractivity contribution in [1.29, 1.82) is 0 Å². The number of nitrogens with one attached hydrogen (secondary N) is 1. The average Bonchev–Trinajstić information content (AvgIpc) is 3.13. The minimum absolute atomic E-state index is 0.136. The Balaban J connectivity index is 1.63. The summed E-state index contributed by atoms with van der Waals surface area (Å²) >= 11 is 1.66. The summed E-state index contributed by atoms with van der Waals surface area (Å²) in [5.74, 6) is 0.715. The molecule has 3 heterocycles. The van der Waals surface area contributed by atoms with Gasteiger partial charge in [-0.05, 0) is 19.9 Å². The van der Waals surface area contributed by atoms with Gasteiger partial charge in [0, 0.05) is 35.7 Å². The molecule has 1 N–H and O–H groups in total. The van der Waals surface area contributed by atoms with Gasteiger partial charge in [-0.2, -0.15) is 4.98 Å². The Labute approximate surface area is 144 Å². The number of fused-ring (bicyclic) bond motifs is 1. The molecular weight excluding hydrogens is 324 g/mol. The maximum Gasteiger partial charge on any atom is 0.291 e. The Bertz CT molecular complexity index is 882. The minimum atomic E-state index is -0.295. The third kappa shape index (κ3) is 3.43. The third-order valence-corrected chi connectivity index (χ3v) is 4.75. The number of amides is 1. The number of hydrogen-bond donors (Lipinski definition) is 1. The van der Waals surface area contributed by atoms with Gasteiger partial charge in [-0.15, -0.1) is 16.4 Å². The molecule has 0 aromatic carbocycles. The molecule has 0 fully saturated rings. The summed E-state index contributed by atoms with van der Waals surface area (Å²) in [6.45, 7) is 8.54. The molecule has 24 heavy (non-hydrogen) atoms. The van der Waals surface area contributed by atoms with Gasteiger partial charge in [0.1, 0.15) is 0 Å². The molecule has 0 aliphatic carbocycles. The molecule has 0 aliphatic heterocycles. The van der Waals surface area contributed by atoms with Crippen molar-refractivity contribution < 1.29 is 4.79 Å². The Kier molecular flexibility index (Phi) is 4.57. The fourth-order valence-electron chi connectivity index (χ4n) is 2.35. The number of carbonyl (C=O) groups is 1. The van der Waals surface area contributed by atoms with Gasteiger partial charge in [0.25, 0.3) is 11.7 Å². The number of thiazole rings is 1. The van der Waals surface area contributed by atoms with Crippen molar-refractivity contribution >= 4 is 23.0 Å². The number of carbonyl (C=O) groups excluding carboxylic acids is 1. The Morgan fingerprint density at radius 3 is 2.79 bits per heavy atom. The van der Waals surface area contributed by atoms with Gasteiger partial charge in [0.15, 0.2) is 0 Å². The van der Waals surface area contributed by atoms with Gasteiger partial charge in [-0.25, -0.2) is 14.5 Å². The zero-order valence-corrected chi connectivity index (χ0v) is 15.0. The first-order valence-electron chi connectivity index (χ1n) is 7.87. The van der Waals surface area contributed by atoms with Gasteiger partial charge in [0.2, 0.25) is 5.82 Å². The van der Waals surface area contributed by atoms with Crippen molar-refractivity contribution in [3.63, 3.8) is 0 Å². The summed E-state index contributed by atoms with van der Waals surface area (Å²) in [5, 5.41) is 10.2. The number of hydrogen-bond acceptors (Lipinski definition) is 6. The van der Waals surface area contributed by atoms with E-state index in [1.54, 1.807) is 15.9 Å². The maximum absolute atomic E-state index is 12.2. The highest BCUT2D eigenvalue weighted by Gasteiger charge is 2.15. The van der Waals surface area contributed by atoms with Crippen molar-refractivity contribution in [3.8, 4) is 0 Å². The molecular formula is C16H20N6OS. The van der Waals surface area contributed by atoms with Crippen LogP contribution >= 0.6 is 11.3 Å². The van der Waals surface area contributed by atoms with Crippen LogP contribution in [0.1, 0.15) is 52.5 Å². The largest absolute Gasteiger partial charge is 0.349 e. The van der Waals surface area contributed by atoms with E-state index < -0.39 is 0 Å². The second-order valence-electron chi connectivity index (χ2n) is 6.02. The van der Waals surface area contributed by atoms with Crippen LogP contribution in [0.2, 0.25) is 0 Å². The number of rotatable bonds is 5. The molecule has 0 spiro atoms. The molecule has 1 amide bonds. The SMILES string of the molecule is Cc1cc(C)n2nc(C(=O)NCCc3csc(C(C)C)n3)nc2n1. The molecule has 3 rings (SSSR count). The lowest BCUT2D eigenvalue weighted by molar-refractivity contribution is 0.0944. The van der Waals surface area contributed by atoms with E-state index in [1.807, 2.05) is 25.3 Å². The van der Waals surface area contributed by atoms with E-state index >= 15 is 0 Å². The molecule has 0 aliphatic rings. The van der Waals surface area contributed by atoms with Crippen LogP contribution in [0.5, 0.6) is 0 Å². The normalized spacial score (nSPS) is 11.4. The standard InChI is InChI=1S/C16H20N6OS/c1-9(2)15-19-12(8-24-15)5-6-17-14(23)13-20-16-18-10(3)7-11(4)22(16)21-13/h7-9H,5-6H2,1-4H3,(H,17,23). The second-order valence-corrected chi connectivity index (χ2v) is 6.91. The monoisotopic (exact) mass is 344 g/mol. The van der Waals surface area contributed by atoms with Crippen LogP contribution in [0.25, 0.3) is 5.78 Å². The van der Waals surface area contributed by atoms with Crippen molar-refractivity contribution in [2.75, 3.05) is 6.54 Å². The van der Waals surface area contributed by atoms with Gasteiger partial charge in [-0.1, -0.05) is 13.8 Å². The molecule has 3 aromatic rings. The first kappa shape index (κ1) is 16.5. The van der Waals surface area contributed by atoms with Crippen LogP contribution < -0.4 is 5.32 Å². The summed E-state index contributed by atoms with van der Waals surface area (Å²) in [5.41, 5.74) is 2.75. The highest BCUT2D eigenvalue weighted by molar-refractivity contribution is 7.09. The first-order chi connectivity index (χ1) is 11.4. The Hall–Kier alpha value is -2.35. The summed E-state index contributed by atoms with van der Waals surface area (Å²) in [6, 6.07) is 1.90. The summed E-state index contributed by atoms with van der Waals surface area (Å²) < 4.78 is 1.58. The molecule has 8 heteroatoms. The van der Waals surface area contributed by atoms with E-state index in [0.29, 0.717) is 24.7 Å². The van der Waals surface area contributed by atoms with E-state index in [9.17, 15) is 4.79 Å². The number of aryl methyl sites for hydroxylation is 2. The van der Waals surface area contributed by atoms with Gasteiger partial charge < -0.3 is 5.32 Å².